The van der Waals surface area contributed by atoms with Crippen molar-refractivity contribution < 1.29 is 88.1 Å². The Morgan fingerprint density at radius 2 is 1.93 bits per heavy atom. The van der Waals surface area contributed by atoms with Crippen LogP contribution in [0.15, 0.2) is 18.2 Å². The molecule has 1 aliphatic rings. The molecule has 4 heteroatoms. The summed E-state index contributed by atoms with van der Waals surface area (Å²) in [6.45, 7) is 4.64. The van der Waals surface area contributed by atoms with Crippen molar-refractivity contribution in [2.24, 2.45) is 0 Å². The molecule has 2 rings (SSSR count). The summed E-state index contributed by atoms with van der Waals surface area (Å²) in [5.74, 6) is 0. The van der Waals surface area contributed by atoms with Crippen LogP contribution in [0.1, 0.15) is 11.1 Å². The van der Waals surface area contributed by atoms with E-state index in [-0.39, 0.29) is 88.1 Å². The van der Waals surface area contributed by atoms with E-state index in [1.54, 1.807) is 0 Å². The SMILES string of the molecule is Cc1ccc2c(c1)[N-]CC[N-]C2.[Ac].[Ac]. The van der Waals surface area contributed by atoms with Crippen LogP contribution < -0.4 is 0 Å². The molecule has 0 amide bonds. The van der Waals surface area contributed by atoms with E-state index in [0.29, 0.717) is 0 Å². The zero-order chi connectivity index (χ0) is 8.39. The molecular weight excluding hydrogens is 602 g/mol. The Kier molecular flexibility index (Phi) is 9.10. The molecule has 0 aromatic heterocycles. The summed E-state index contributed by atoms with van der Waals surface area (Å²) in [4.78, 5) is 0. The number of rotatable bonds is 0. The van der Waals surface area contributed by atoms with Crippen LogP contribution in [0, 0.1) is 95.0 Å². The van der Waals surface area contributed by atoms with Crippen LogP contribution in [0.4, 0.5) is 5.69 Å². The molecule has 0 fully saturated rings. The fourth-order valence-electron chi connectivity index (χ4n) is 1.40. The molecule has 0 bridgehead atoms. The average Bonchev–Trinajstić information content (AvgIpc) is 2.28. The fraction of sp³-hybridized carbons (Fsp3) is 0.400. The zero-order valence-corrected chi connectivity index (χ0v) is 17.9. The third kappa shape index (κ3) is 4.39. The van der Waals surface area contributed by atoms with Gasteiger partial charge in [0.1, 0.15) is 0 Å². The molecule has 0 saturated heterocycles. The monoisotopic (exact) mass is 614 g/mol. The first kappa shape index (κ1) is 15.9. The van der Waals surface area contributed by atoms with Crippen LogP contribution >= 0.6 is 0 Å². The summed E-state index contributed by atoms with van der Waals surface area (Å²) < 4.78 is 0. The molecule has 70 valence electrons. The quantitative estimate of drug-likeness (QED) is 0.431. The van der Waals surface area contributed by atoms with Gasteiger partial charge in [-0.3, -0.25) is 0 Å². The third-order valence-electron chi connectivity index (χ3n) is 2.06. The normalized spacial score (nSPS) is 13.8. The van der Waals surface area contributed by atoms with Gasteiger partial charge in [-0.25, -0.2) is 0 Å². The molecule has 1 aromatic carbocycles. The smallest absolute Gasteiger partial charge is 0 e. The molecule has 0 spiro atoms. The molecule has 0 saturated carbocycles. The maximum atomic E-state index is 4.45. The molecule has 2 nitrogen and oxygen atoms in total. The van der Waals surface area contributed by atoms with Gasteiger partial charge in [0, 0.05) is 88.1 Å². The summed E-state index contributed by atoms with van der Waals surface area (Å²) >= 11 is 0. The predicted octanol–water partition coefficient (Wildman–Crippen LogP) is 2.89. The van der Waals surface area contributed by atoms with Crippen LogP contribution in [0.25, 0.3) is 10.6 Å². The van der Waals surface area contributed by atoms with Crippen LogP contribution in [-0.4, -0.2) is 13.1 Å². The second-order valence-corrected chi connectivity index (χ2v) is 3.12. The Hall–Kier alpha value is 1.86. The van der Waals surface area contributed by atoms with Gasteiger partial charge in [0.15, 0.2) is 0 Å². The Bertz CT molecular complexity index is 289. The maximum Gasteiger partial charge on any atom is 0 e. The van der Waals surface area contributed by atoms with Gasteiger partial charge in [-0.2, -0.15) is 13.1 Å². The minimum absolute atomic E-state index is 0. The van der Waals surface area contributed by atoms with Gasteiger partial charge >= 0.3 is 0 Å². The Morgan fingerprint density at radius 1 is 1.14 bits per heavy atom. The van der Waals surface area contributed by atoms with Gasteiger partial charge in [0.05, 0.1) is 0 Å². The Balaban J connectivity index is 0.000000845. The van der Waals surface area contributed by atoms with Gasteiger partial charge in [-0.1, -0.05) is 29.3 Å². The van der Waals surface area contributed by atoms with E-state index < -0.39 is 0 Å². The first-order chi connectivity index (χ1) is 5.86. The standard InChI is InChI=1S/C10H12N2.2Ac/c1-8-2-3-9-7-11-4-5-12-10(9)6-8;;/h2-3,6H,4-5,7H2,1H3;;/q-2;;. The topological polar surface area (TPSA) is 28.2 Å². The first-order valence-electron chi connectivity index (χ1n) is 4.26. The van der Waals surface area contributed by atoms with Crippen molar-refractivity contribution in [2.45, 2.75) is 13.5 Å². The van der Waals surface area contributed by atoms with Crippen molar-refractivity contribution in [2.75, 3.05) is 13.1 Å². The second-order valence-electron chi connectivity index (χ2n) is 3.12. The average molecular weight is 614 g/mol. The van der Waals surface area contributed by atoms with E-state index in [4.69, 9.17) is 0 Å². The van der Waals surface area contributed by atoms with Crippen molar-refractivity contribution in [3.63, 3.8) is 0 Å². The molecule has 1 heterocycles. The minimum atomic E-state index is 0. The van der Waals surface area contributed by atoms with Gasteiger partial charge in [-0.05, 0) is 6.92 Å². The van der Waals surface area contributed by atoms with Crippen molar-refractivity contribution in [1.82, 2.24) is 0 Å². The molecule has 1 aliphatic heterocycles. The van der Waals surface area contributed by atoms with Gasteiger partial charge in [0.2, 0.25) is 0 Å². The third-order valence-corrected chi connectivity index (χ3v) is 2.06. The second kappa shape index (κ2) is 8.03. The maximum absolute atomic E-state index is 4.45. The van der Waals surface area contributed by atoms with E-state index >= 15 is 0 Å². The summed E-state index contributed by atoms with van der Waals surface area (Å²) in [5, 5.41) is 8.80. The van der Waals surface area contributed by atoms with E-state index in [1.165, 1.54) is 11.1 Å². The number of aryl methyl sites for hydroxylation is 1. The molecule has 1 aromatic rings. The van der Waals surface area contributed by atoms with Crippen LogP contribution in [0.2, 0.25) is 0 Å². The van der Waals surface area contributed by atoms with Crippen molar-refractivity contribution >= 4 is 5.69 Å². The summed E-state index contributed by atoms with van der Waals surface area (Å²) in [6.07, 6.45) is 0. The summed E-state index contributed by atoms with van der Waals surface area (Å²) in [6, 6.07) is 6.38. The predicted molar refractivity (Wildman–Crippen MR) is 51.0 cm³/mol. The van der Waals surface area contributed by atoms with E-state index in [9.17, 15) is 0 Å². The minimum Gasteiger partial charge on any atom is -0.685 e. The molecule has 0 unspecified atom stereocenters. The Labute approximate surface area is 157 Å². The van der Waals surface area contributed by atoms with Crippen LogP contribution in [0.3, 0.4) is 0 Å². The summed E-state index contributed by atoms with van der Waals surface area (Å²) in [5.41, 5.74) is 3.67. The van der Waals surface area contributed by atoms with Gasteiger partial charge < -0.3 is 10.6 Å². The fourth-order valence-corrected chi connectivity index (χ4v) is 1.40. The molecule has 2 radical (unpaired) electrons. The number of benzene rings is 1. The van der Waals surface area contributed by atoms with E-state index in [1.807, 2.05) is 0 Å². The van der Waals surface area contributed by atoms with Crippen molar-refractivity contribution in [1.29, 1.82) is 0 Å². The van der Waals surface area contributed by atoms with E-state index in [2.05, 4.69) is 35.8 Å². The number of fused-ring (bicyclic) bond motifs is 1. The van der Waals surface area contributed by atoms with Crippen LogP contribution in [0.5, 0.6) is 0 Å². The molecule has 0 aliphatic carbocycles. The van der Waals surface area contributed by atoms with Crippen molar-refractivity contribution in [3.05, 3.63) is 40.0 Å². The number of hydrogen-bond acceptors (Lipinski definition) is 0. The van der Waals surface area contributed by atoms with Crippen molar-refractivity contribution in [3.8, 4) is 0 Å². The summed E-state index contributed by atoms with van der Waals surface area (Å²) in [7, 11) is 0. The molecular formula is C10H12Ac2N2-2. The first-order valence-corrected chi connectivity index (χ1v) is 4.26. The Morgan fingerprint density at radius 3 is 2.71 bits per heavy atom. The number of nitrogens with zero attached hydrogens (tertiary/aromatic N) is 2. The van der Waals surface area contributed by atoms with E-state index in [0.717, 1.165) is 25.3 Å². The largest absolute Gasteiger partial charge is 0.685 e. The molecule has 14 heavy (non-hydrogen) atoms. The van der Waals surface area contributed by atoms with Gasteiger partial charge in [0.25, 0.3) is 0 Å². The zero-order valence-electron chi connectivity index (χ0n) is 8.40. The molecule has 0 atom stereocenters. The number of hydrogen-bond donors (Lipinski definition) is 0. The van der Waals surface area contributed by atoms with Crippen LogP contribution in [-0.2, 0) is 6.54 Å². The molecule has 0 N–H and O–H groups in total. The van der Waals surface area contributed by atoms with Gasteiger partial charge in [-0.15, -0.1) is 12.2 Å².